The number of rotatable bonds is 8. The minimum Gasteiger partial charge on any atom is -0.462 e. The first-order chi connectivity index (χ1) is 20.5. The lowest BCUT2D eigenvalue weighted by Crippen LogP contribution is -2.44. The molecule has 3 aliphatic carbocycles. The van der Waals surface area contributed by atoms with Gasteiger partial charge in [-0.25, -0.2) is 9.59 Å². The molecule has 0 aromatic heterocycles. The van der Waals surface area contributed by atoms with Gasteiger partial charge in [0.05, 0.1) is 13.2 Å². The van der Waals surface area contributed by atoms with Crippen molar-refractivity contribution < 1.29 is 19.1 Å². The quantitative estimate of drug-likeness (QED) is 0.165. The summed E-state index contributed by atoms with van der Waals surface area (Å²) in [5.74, 6) is -0.672. The maximum absolute atomic E-state index is 13.1. The van der Waals surface area contributed by atoms with Crippen LogP contribution in [0.25, 0.3) is 12.2 Å². The van der Waals surface area contributed by atoms with E-state index in [-0.39, 0.29) is 48.8 Å². The van der Waals surface area contributed by atoms with Gasteiger partial charge in [-0.05, 0) is 59.4 Å². The highest BCUT2D eigenvalue weighted by atomic mass is 16.5. The van der Waals surface area contributed by atoms with Gasteiger partial charge in [0.1, 0.15) is 0 Å². The highest BCUT2D eigenvalue weighted by Gasteiger charge is 2.50. The van der Waals surface area contributed by atoms with Crippen LogP contribution in [0, 0.1) is 11.8 Å². The Morgan fingerprint density at radius 3 is 1.17 bits per heavy atom. The summed E-state index contributed by atoms with van der Waals surface area (Å²) >= 11 is 0. The maximum Gasteiger partial charge on any atom is 0.333 e. The van der Waals surface area contributed by atoms with Gasteiger partial charge in [0.25, 0.3) is 0 Å². The number of carbonyl (C=O) groups is 2. The summed E-state index contributed by atoms with van der Waals surface area (Å²) in [4.78, 5) is 26.3. The Morgan fingerprint density at radius 2 is 0.833 bits per heavy atom. The van der Waals surface area contributed by atoms with Gasteiger partial charge in [0, 0.05) is 34.8 Å². The normalized spacial score (nSPS) is 20.8. The summed E-state index contributed by atoms with van der Waals surface area (Å²) in [6.45, 7) is 4.05. The summed E-state index contributed by atoms with van der Waals surface area (Å²) in [5.41, 5.74) is 8.07. The van der Waals surface area contributed by atoms with Crippen molar-refractivity contribution in [2.75, 3.05) is 13.2 Å². The molecule has 2 bridgehead atoms. The van der Waals surface area contributed by atoms with Crippen LogP contribution in [-0.4, -0.2) is 25.2 Å². The van der Waals surface area contributed by atoms with Gasteiger partial charge in [-0.15, -0.1) is 0 Å². The van der Waals surface area contributed by atoms with E-state index in [1.165, 1.54) is 22.3 Å². The molecule has 0 saturated carbocycles. The first kappa shape index (κ1) is 27.5. The molecule has 4 nitrogen and oxygen atoms in total. The lowest BCUT2D eigenvalue weighted by atomic mass is 9.54. The van der Waals surface area contributed by atoms with Crippen molar-refractivity contribution in [3.63, 3.8) is 0 Å². The predicted octanol–water partition coefficient (Wildman–Crippen LogP) is 7.80. The van der Waals surface area contributed by atoms with Crippen LogP contribution in [0.3, 0.4) is 0 Å². The summed E-state index contributed by atoms with van der Waals surface area (Å²) in [6.07, 6.45) is 3.70. The SMILES string of the molecule is C/C(=C\c1ccccc1)C(=O)OC[C@@H]1C2c3ccccc3C(c3ccccc32)[C@H]1COC(=O)/C(C)=C/c1ccccc1. The van der Waals surface area contributed by atoms with Gasteiger partial charge >= 0.3 is 11.9 Å². The first-order valence-electron chi connectivity index (χ1n) is 14.5. The number of hydrogen-bond acceptors (Lipinski definition) is 4. The molecule has 0 fully saturated rings. The van der Waals surface area contributed by atoms with Gasteiger partial charge in [-0.3, -0.25) is 0 Å². The van der Waals surface area contributed by atoms with E-state index in [0.717, 1.165) is 11.1 Å². The molecule has 0 unspecified atom stereocenters. The lowest BCUT2D eigenvalue weighted by molar-refractivity contribution is -0.145. The molecule has 0 saturated heterocycles. The Kier molecular flexibility index (Phi) is 7.87. The number of fused-ring (bicyclic) bond motifs is 1. The van der Waals surface area contributed by atoms with E-state index in [1.54, 1.807) is 13.8 Å². The van der Waals surface area contributed by atoms with E-state index >= 15 is 0 Å². The molecule has 4 aromatic carbocycles. The third-order valence-corrected chi connectivity index (χ3v) is 8.56. The van der Waals surface area contributed by atoms with Gasteiger partial charge < -0.3 is 9.47 Å². The fourth-order valence-electron chi connectivity index (χ4n) is 6.63. The summed E-state index contributed by atoms with van der Waals surface area (Å²) < 4.78 is 12.0. The fourth-order valence-corrected chi connectivity index (χ4v) is 6.63. The molecule has 0 N–H and O–H groups in total. The molecule has 0 radical (unpaired) electrons. The number of esters is 2. The van der Waals surface area contributed by atoms with Crippen molar-refractivity contribution in [3.8, 4) is 0 Å². The number of carbonyl (C=O) groups excluding carboxylic acids is 2. The summed E-state index contributed by atoms with van der Waals surface area (Å²) in [7, 11) is 0. The molecule has 4 heteroatoms. The Hall–Kier alpha value is -4.70. The van der Waals surface area contributed by atoms with Crippen molar-refractivity contribution in [2.24, 2.45) is 11.8 Å². The fraction of sp³-hybridized carbons (Fsp3) is 0.211. The monoisotopic (exact) mass is 554 g/mol. The molecule has 0 spiro atoms. The zero-order valence-electron chi connectivity index (χ0n) is 23.9. The molecule has 4 aromatic rings. The van der Waals surface area contributed by atoms with Crippen LogP contribution < -0.4 is 0 Å². The largest absolute Gasteiger partial charge is 0.462 e. The Morgan fingerprint density at radius 1 is 0.524 bits per heavy atom. The van der Waals surface area contributed by atoms with Crippen LogP contribution >= 0.6 is 0 Å². The Labute approximate surface area is 247 Å². The highest BCUT2D eigenvalue weighted by molar-refractivity contribution is 5.93. The molecule has 0 heterocycles. The third-order valence-electron chi connectivity index (χ3n) is 8.56. The molecule has 2 atom stereocenters. The van der Waals surface area contributed by atoms with Crippen LogP contribution in [0.4, 0.5) is 0 Å². The minimum atomic E-state index is -0.334. The summed E-state index contributed by atoms with van der Waals surface area (Å²) in [6, 6.07) is 36.6. The predicted molar refractivity (Wildman–Crippen MR) is 166 cm³/mol. The molecule has 42 heavy (non-hydrogen) atoms. The van der Waals surface area contributed by atoms with Crippen molar-refractivity contribution in [1.29, 1.82) is 0 Å². The van der Waals surface area contributed by atoms with Gasteiger partial charge in [0.2, 0.25) is 0 Å². The van der Waals surface area contributed by atoms with E-state index in [1.807, 2.05) is 72.8 Å². The average Bonchev–Trinajstić information content (AvgIpc) is 3.03. The average molecular weight is 555 g/mol. The third kappa shape index (κ3) is 5.45. The first-order valence-corrected chi connectivity index (χ1v) is 14.5. The zero-order chi connectivity index (χ0) is 29.1. The molecule has 3 aliphatic rings. The topological polar surface area (TPSA) is 52.6 Å². The lowest BCUT2D eigenvalue weighted by Gasteiger charge is -2.50. The number of benzene rings is 4. The Bertz CT molecular complexity index is 1480. The van der Waals surface area contributed by atoms with Crippen LogP contribution in [0.15, 0.2) is 120 Å². The van der Waals surface area contributed by atoms with E-state index < -0.39 is 0 Å². The highest BCUT2D eigenvalue weighted by Crippen LogP contribution is 2.58. The number of ether oxygens (including phenoxy) is 2. The standard InChI is InChI=1S/C38H34O4/c1-25(21-27-13-5-3-6-14-27)37(39)41-23-33-34(24-42-38(40)26(2)22-28-15-7-4-8-16-28)36-31-19-11-9-17-29(31)35(33)30-18-10-12-20-32(30)36/h3-22,33-36H,23-24H2,1-2H3/b25-21+,26-22+/t33-,34-,35?,36?/m0/s1. The van der Waals surface area contributed by atoms with Crippen LogP contribution in [0.2, 0.25) is 0 Å². The minimum absolute atomic E-state index is 0.0401. The van der Waals surface area contributed by atoms with Gasteiger partial charge in [-0.2, -0.15) is 0 Å². The molecule has 0 amide bonds. The van der Waals surface area contributed by atoms with Crippen LogP contribution in [-0.2, 0) is 19.1 Å². The van der Waals surface area contributed by atoms with Crippen molar-refractivity contribution >= 4 is 24.1 Å². The van der Waals surface area contributed by atoms with E-state index in [9.17, 15) is 9.59 Å². The van der Waals surface area contributed by atoms with Crippen molar-refractivity contribution in [2.45, 2.75) is 25.7 Å². The van der Waals surface area contributed by atoms with Gasteiger partial charge in [-0.1, -0.05) is 109 Å². The van der Waals surface area contributed by atoms with Crippen LogP contribution in [0.1, 0.15) is 59.1 Å². The second-order valence-electron chi connectivity index (χ2n) is 11.2. The molecule has 7 rings (SSSR count). The molecular formula is C38H34O4. The van der Waals surface area contributed by atoms with E-state index in [0.29, 0.717) is 11.1 Å². The smallest absolute Gasteiger partial charge is 0.333 e. The molecule has 0 aliphatic heterocycles. The second-order valence-corrected chi connectivity index (χ2v) is 11.2. The zero-order valence-corrected chi connectivity index (χ0v) is 23.9. The van der Waals surface area contributed by atoms with E-state index in [2.05, 4.69) is 48.5 Å². The van der Waals surface area contributed by atoms with E-state index in [4.69, 9.17) is 9.47 Å². The Balaban J connectivity index is 1.28. The number of hydrogen-bond donors (Lipinski definition) is 0. The molecular weight excluding hydrogens is 520 g/mol. The van der Waals surface area contributed by atoms with Crippen molar-refractivity contribution in [1.82, 2.24) is 0 Å². The van der Waals surface area contributed by atoms with Gasteiger partial charge in [0.15, 0.2) is 0 Å². The second kappa shape index (κ2) is 12.0. The molecule has 210 valence electrons. The maximum atomic E-state index is 13.1. The van der Waals surface area contributed by atoms with Crippen LogP contribution in [0.5, 0.6) is 0 Å². The van der Waals surface area contributed by atoms with Crippen molar-refractivity contribution in [3.05, 3.63) is 154 Å². The summed E-state index contributed by atoms with van der Waals surface area (Å²) in [5, 5.41) is 0.